The van der Waals surface area contributed by atoms with Crippen molar-refractivity contribution in [3.05, 3.63) is 124 Å². The number of pyridine rings is 1. The molecule has 0 unspecified atom stereocenters. The molecule has 0 saturated heterocycles. The molecule has 0 aliphatic carbocycles. The number of nitrogens with zero attached hydrogens (tertiary/aromatic N) is 1. The van der Waals surface area contributed by atoms with Crippen LogP contribution in [0, 0.1) is 11.3 Å². The van der Waals surface area contributed by atoms with Crippen LogP contribution in [0.15, 0.2) is 102 Å². The number of phenols is 1. The van der Waals surface area contributed by atoms with Crippen LogP contribution in [-0.2, 0) is 6.42 Å². The maximum absolute atomic E-state index is 11.6. The molecule has 7 nitrogen and oxygen atoms in total. The molecular weight excluding hydrogens is 488 g/mol. The number of aromatic nitrogens is 1. The van der Waals surface area contributed by atoms with Gasteiger partial charge in [0.15, 0.2) is 0 Å². The third kappa shape index (κ3) is 6.16. The van der Waals surface area contributed by atoms with E-state index in [1.54, 1.807) is 18.2 Å². The van der Waals surface area contributed by atoms with Crippen LogP contribution in [0.1, 0.15) is 22.8 Å². The molecule has 1 heterocycles. The number of aromatic amines is 1. The first kappa shape index (κ1) is 25.7. The van der Waals surface area contributed by atoms with Gasteiger partial charge >= 0.3 is 0 Å². The highest BCUT2D eigenvalue weighted by Crippen LogP contribution is 2.29. The van der Waals surface area contributed by atoms with Crippen LogP contribution in [0.5, 0.6) is 5.75 Å². The molecule has 0 bridgehead atoms. The van der Waals surface area contributed by atoms with E-state index in [0.717, 1.165) is 34.5 Å². The molecule has 0 aliphatic rings. The quantitative estimate of drug-likeness (QED) is 0.168. The average Bonchev–Trinajstić information content (AvgIpc) is 2.96. The van der Waals surface area contributed by atoms with Gasteiger partial charge in [0.05, 0.1) is 23.3 Å². The molecule has 7 heteroatoms. The zero-order valence-corrected chi connectivity index (χ0v) is 21.2. The highest BCUT2D eigenvalue weighted by Gasteiger charge is 2.13. The fraction of sp³-hybridized carbons (Fsp3) is 0.125. The molecule has 1 aromatic heterocycles. The Morgan fingerprint density at radius 2 is 1.64 bits per heavy atom. The lowest BCUT2D eigenvalue weighted by atomic mass is 10.0. The Morgan fingerprint density at radius 1 is 0.872 bits per heavy atom. The smallest absolute Gasteiger partial charge is 0.248 e. The second-order valence-corrected chi connectivity index (χ2v) is 9.35. The maximum atomic E-state index is 11.6. The van der Waals surface area contributed by atoms with Crippen molar-refractivity contribution in [3.8, 4) is 22.9 Å². The lowest BCUT2D eigenvalue weighted by Gasteiger charge is -2.15. The summed E-state index contributed by atoms with van der Waals surface area (Å²) < 4.78 is 0. The summed E-state index contributed by atoms with van der Waals surface area (Å²) in [5.74, 6) is -0.0253. The molecule has 4 aromatic carbocycles. The Labute approximate surface area is 226 Å². The molecule has 39 heavy (non-hydrogen) atoms. The number of nitrogens with one attached hydrogen (secondary N) is 3. The summed E-state index contributed by atoms with van der Waals surface area (Å²) in [7, 11) is 0. The zero-order valence-electron chi connectivity index (χ0n) is 21.2. The van der Waals surface area contributed by atoms with Crippen molar-refractivity contribution in [2.24, 2.45) is 0 Å². The largest absolute Gasteiger partial charge is 0.506 e. The number of aliphatic hydroxyl groups is 1. The number of fused-ring (bicyclic) bond motifs is 1. The Morgan fingerprint density at radius 3 is 2.44 bits per heavy atom. The predicted octanol–water partition coefficient (Wildman–Crippen LogP) is 5.38. The molecule has 0 radical (unpaired) electrons. The molecule has 0 amide bonds. The van der Waals surface area contributed by atoms with Crippen molar-refractivity contribution in [3.63, 3.8) is 0 Å². The van der Waals surface area contributed by atoms with Crippen LogP contribution >= 0.6 is 0 Å². The average molecular weight is 517 g/mol. The summed E-state index contributed by atoms with van der Waals surface area (Å²) in [6.45, 7) is 1.02. The van der Waals surface area contributed by atoms with E-state index >= 15 is 0 Å². The third-order valence-corrected chi connectivity index (χ3v) is 6.62. The molecule has 0 fully saturated rings. The first-order valence-corrected chi connectivity index (χ1v) is 12.7. The minimum atomic E-state index is -0.788. The fourth-order valence-electron chi connectivity index (χ4n) is 4.60. The number of benzene rings is 4. The normalized spacial score (nSPS) is 11.7. The van der Waals surface area contributed by atoms with E-state index in [1.165, 1.54) is 12.1 Å². The highest BCUT2D eigenvalue weighted by atomic mass is 16.3. The number of rotatable bonds is 9. The van der Waals surface area contributed by atoms with Gasteiger partial charge in [-0.3, -0.25) is 4.79 Å². The second-order valence-electron chi connectivity index (χ2n) is 9.35. The summed E-state index contributed by atoms with van der Waals surface area (Å²) in [6.07, 6.45) is 0.00480. The van der Waals surface area contributed by atoms with Crippen LogP contribution < -0.4 is 16.2 Å². The highest BCUT2D eigenvalue weighted by molar-refractivity contribution is 5.87. The molecule has 1 atom stereocenters. The fourth-order valence-corrected chi connectivity index (χ4v) is 4.60. The third-order valence-electron chi connectivity index (χ3n) is 6.62. The van der Waals surface area contributed by atoms with Gasteiger partial charge in [-0.2, -0.15) is 5.26 Å². The summed E-state index contributed by atoms with van der Waals surface area (Å²) in [5.41, 5.74) is 6.44. The van der Waals surface area contributed by atoms with Crippen molar-refractivity contribution in [1.29, 1.82) is 5.26 Å². The first-order chi connectivity index (χ1) is 19.0. The molecule has 5 N–H and O–H groups in total. The SMILES string of the molecule is N#Cc1cccc(-c2cccc(Nc3ccc(CCNC[C@H](O)c4ccc(O)c5[nH]c(=O)ccc45)cc3)c2)c1. The molecule has 0 spiro atoms. The number of hydrogen-bond donors (Lipinski definition) is 5. The number of hydrogen-bond acceptors (Lipinski definition) is 6. The molecule has 0 saturated carbocycles. The lowest BCUT2D eigenvalue weighted by molar-refractivity contribution is 0.176. The van der Waals surface area contributed by atoms with E-state index in [9.17, 15) is 20.3 Å². The summed E-state index contributed by atoms with van der Waals surface area (Å²) in [6, 6.07) is 32.2. The van der Waals surface area contributed by atoms with Crippen LogP contribution in [0.2, 0.25) is 0 Å². The topological polar surface area (TPSA) is 121 Å². The van der Waals surface area contributed by atoms with Gasteiger partial charge in [0, 0.05) is 29.4 Å². The minimum Gasteiger partial charge on any atom is -0.506 e. The zero-order chi connectivity index (χ0) is 27.2. The van der Waals surface area contributed by atoms with Gasteiger partial charge in [-0.15, -0.1) is 0 Å². The van der Waals surface area contributed by atoms with Crippen molar-refractivity contribution in [2.45, 2.75) is 12.5 Å². The van der Waals surface area contributed by atoms with E-state index in [4.69, 9.17) is 0 Å². The van der Waals surface area contributed by atoms with Crippen molar-refractivity contribution in [2.75, 3.05) is 18.4 Å². The number of anilines is 2. The monoisotopic (exact) mass is 516 g/mol. The molecular formula is C32H28N4O3. The van der Waals surface area contributed by atoms with Crippen LogP contribution in [0.4, 0.5) is 11.4 Å². The van der Waals surface area contributed by atoms with Crippen molar-refractivity contribution in [1.82, 2.24) is 10.3 Å². The molecule has 0 aliphatic heterocycles. The van der Waals surface area contributed by atoms with E-state index < -0.39 is 6.10 Å². The Balaban J connectivity index is 1.15. The van der Waals surface area contributed by atoms with Crippen molar-refractivity contribution >= 4 is 22.3 Å². The Bertz CT molecular complexity index is 1700. The molecule has 5 rings (SSSR count). The number of aromatic hydroxyl groups is 1. The van der Waals surface area contributed by atoms with Gasteiger partial charge in [0.1, 0.15) is 5.75 Å². The van der Waals surface area contributed by atoms with Gasteiger partial charge < -0.3 is 25.8 Å². The van der Waals surface area contributed by atoms with Crippen LogP contribution in [0.3, 0.4) is 0 Å². The summed E-state index contributed by atoms with van der Waals surface area (Å²) >= 11 is 0. The number of nitriles is 1. The Kier molecular flexibility index (Phi) is 7.69. The van der Waals surface area contributed by atoms with Gasteiger partial charge in [0.2, 0.25) is 5.56 Å². The van der Waals surface area contributed by atoms with E-state index in [0.29, 0.717) is 35.1 Å². The van der Waals surface area contributed by atoms with E-state index in [2.05, 4.69) is 39.9 Å². The first-order valence-electron chi connectivity index (χ1n) is 12.7. The molecule has 5 aromatic rings. The van der Waals surface area contributed by atoms with E-state index in [-0.39, 0.29) is 11.3 Å². The number of aliphatic hydroxyl groups excluding tert-OH is 1. The summed E-state index contributed by atoms with van der Waals surface area (Å²) in [4.78, 5) is 14.2. The van der Waals surface area contributed by atoms with Crippen LogP contribution in [0.25, 0.3) is 22.0 Å². The van der Waals surface area contributed by atoms with Gasteiger partial charge in [-0.1, -0.05) is 42.5 Å². The van der Waals surface area contributed by atoms with Gasteiger partial charge in [-0.05, 0) is 83.8 Å². The predicted molar refractivity (Wildman–Crippen MR) is 154 cm³/mol. The minimum absolute atomic E-state index is 0.0253. The van der Waals surface area contributed by atoms with Crippen molar-refractivity contribution < 1.29 is 10.2 Å². The maximum Gasteiger partial charge on any atom is 0.248 e. The van der Waals surface area contributed by atoms with E-state index in [1.807, 2.05) is 48.5 Å². The summed E-state index contributed by atoms with van der Waals surface area (Å²) in [5, 5.41) is 37.3. The number of H-pyrrole nitrogens is 1. The van der Waals surface area contributed by atoms with Gasteiger partial charge in [-0.25, -0.2) is 0 Å². The molecule has 194 valence electrons. The standard InChI is InChI=1S/C32H28N4O3/c33-19-22-3-1-4-23(17-22)24-5-2-6-26(18-24)35-25-9-7-21(8-10-25)15-16-34-20-30(38)27-11-13-29(37)32-28(27)12-14-31(39)36-32/h1-14,17-18,30,34-35,37-38H,15-16,20H2,(H,36,39)/t30-/m0/s1. The van der Waals surface area contributed by atoms with Crippen LogP contribution in [-0.4, -0.2) is 28.3 Å². The van der Waals surface area contributed by atoms with Gasteiger partial charge in [0.25, 0.3) is 0 Å². The lowest BCUT2D eigenvalue weighted by Crippen LogP contribution is -2.24. The second kappa shape index (κ2) is 11.7. The Hall–Kier alpha value is -4.90. The number of phenolic OH excluding ortho intramolecular Hbond substituents is 1.